The van der Waals surface area contributed by atoms with Gasteiger partial charge in [0.15, 0.2) is 12.8 Å². The lowest BCUT2D eigenvalue weighted by molar-refractivity contribution is -0.501. The molecule has 0 fully saturated rings. The predicted molar refractivity (Wildman–Crippen MR) is 45.2 cm³/mol. The van der Waals surface area contributed by atoms with Crippen molar-refractivity contribution in [3.63, 3.8) is 0 Å². The number of carbonyl (C=O) groups excluding carboxylic acids is 1. The third kappa shape index (κ3) is 1.92. The van der Waals surface area contributed by atoms with E-state index >= 15 is 0 Å². The largest absolute Gasteiger partial charge is 0.371 e. The van der Waals surface area contributed by atoms with Gasteiger partial charge in [0.25, 0.3) is 5.91 Å². The van der Waals surface area contributed by atoms with Crippen LogP contribution in [0.4, 0.5) is 0 Å². The van der Waals surface area contributed by atoms with Crippen molar-refractivity contribution in [3.05, 3.63) is 11.6 Å². The predicted octanol–water partition coefficient (Wildman–Crippen LogP) is -0.860. The van der Waals surface area contributed by atoms with Crippen LogP contribution in [0.3, 0.4) is 0 Å². The Morgan fingerprint density at radius 1 is 1.83 bits per heavy atom. The zero-order chi connectivity index (χ0) is 9.14. The lowest BCUT2D eigenvalue weighted by atomic mass is 10.1. The van der Waals surface area contributed by atoms with Crippen molar-refractivity contribution in [3.8, 4) is 0 Å². The molecule has 1 atom stereocenters. The maximum absolute atomic E-state index is 10.8. The fraction of sp³-hybridized carbons (Fsp3) is 0.500. The first-order valence-corrected chi connectivity index (χ1v) is 3.73. The molecule has 1 heterocycles. The minimum Gasteiger partial charge on any atom is -0.371 e. The van der Waals surface area contributed by atoms with Crippen LogP contribution in [0.5, 0.6) is 0 Å². The summed E-state index contributed by atoms with van der Waals surface area (Å²) >= 11 is 0. The van der Waals surface area contributed by atoms with Gasteiger partial charge in [0, 0.05) is 7.11 Å². The number of nitrogens with two attached hydrogens (primary N) is 1. The molecule has 4 nitrogen and oxygen atoms in total. The molecular weight excluding hydrogens is 156 g/mol. The smallest absolute Gasteiger partial charge is 0.254 e. The number of rotatable bonds is 2. The van der Waals surface area contributed by atoms with Crippen LogP contribution in [-0.4, -0.2) is 43.5 Å². The van der Waals surface area contributed by atoms with Gasteiger partial charge in [-0.2, -0.15) is 0 Å². The number of carbonyl (C=O) groups is 1. The van der Waals surface area contributed by atoms with Crippen molar-refractivity contribution < 1.29 is 14.1 Å². The highest BCUT2D eigenvalue weighted by molar-refractivity contribution is 6.10. The van der Waals surface area contributed by atoms with E-state index in [2.05, 4.69) is 0 Å². The van der Waals surface area contributed by atoms with E-state index in [1.165, 1.54) is 0 Å². The number of nitrogens with zero attached hydrogens (tertiary/aromatic N) is 1. The molecular formula is C8H13N2O2+. The zero-order valence-corrected chi connectivity index (χ0v) is 7.28. The van der Waals surface area contributed by atoms with Crippen LogP contribution in [0.25, 0.3) is 0 Å². The molecule has 1 aliphatic rings. The minimum absolute atomic E-state index is 0.0394. The first kappa shape index (κ1) is 8.93. The third-order valence-corrected chi connectivity index (χ3v) is 1.78. The second-order valence-corrected chi connectivity index (χ2v) is 2.83. The summed E-state index contributed by atoms with van der Waals surface area (Å²) in [5, 5.41) is 0. The fourth-order valence-corrected chi connectivity index (χ4v) is 1.16. The molecule has 2 N–H and O–H groups in total. The Morgan fingerprint density at radius 2 is 2.50 bits per heavy atom. The number of primary amides is 1. The quantitative estimate of drug-likeness (QED) is 0.547. The van der Waals surface area contributed by atoms with Gasteiger partial charge < -0.3 is 10.5 Å². The van der Waals surface area contributed by atoms with Crippen LogP contribution in [0.1, 0.15) is 0 Å². The average Bonchev–Trinajstić information content (AvgIpc) is 2.03. The highest BCUT2D eigenvalue weighted by Gasteiger charge is 2.19. The molecule has 0 aromatic heterocycles. The van der Waals surface area contributed by atoms with Crippen molar-refractivity contribution in [2.75, 3.05) is 20.7 Å². The molecule has 1 rings (SSSR count). The van der Waals surface area contributed by atoms with Crippen molar-refractivity contribution in [1.29, 1.82) is 0 Å². The van der Waals surface area contributed by atoms with Gasteiger partial charge in [-0.1, -0.05) is 0 Å². The van der Waals surface area contributed by atoms with E-state index < -0.39 is 5.91 Å². The molecule has 12 heavy (non-hydrogen) atoms. The first-order valence-electron chi connectivity index (χ1n) is 3.73. The Bertz CT molecular complexity index is 256. The number of amides is 1. The van der Waals surface area contributed by atoms with Crippen molar-refractivity contribution in [1.82, 2.24) is 0 Å². The molecule has 0 spiro atoms. The van der Waals surface area contributed by atoms with Crippen LogP contribution in [0, 0.1) is 0 Å². The highest BCUT2D eigenvalue weighted by atomic mass is 16.5. The lowest BCUT2D eigenvalue weighted by Gasteiger charge is -2.12. The molecule has 4 heteroatoms. The molecule has 0 aliphatic carbocycles. The Hall–Kier alpha value is -1.16. The number of likely N-dealkylation sites (N-methyl/N-ethyl adjacent to an activating group) is 1. The molecule has 0 radical (unpaired) electrons. The summed E-state index contributed by atoms with van der Waals surface area (Å²) in [6.45, 7) is 0.757. The van der Waals surface area contributed by atoms with E-state index in [-0.39, 0.29) is 6.10 Å². The van der Waals surface area contributed by atoms with Gasteiger partial charge in [0.2, 0.25) is 0 Å². The Kier molecular flexibility index (Phi) is 2.60. The minimum atomic E-state index is -0.413. The number of ether oxygens (including phenoxy) is 1. The first-order chi connectivity index (χ1) is 5.63. The van der Waals surface area contributed by atoms with Gasteiger partial charge in [-0.05, 0) is 6.08 Å². The summed E-state index contributed by atoms with van der Waals surface area (Å²) in [5.41, 5.74) is 5.64. The van der Waals surface area contributed by atoms with Gasteiger partial charge in [0.1, 0.15) is 18.7 Å². The van der Waals surface area contributed by atoms with Crippen molar-refractivity contribution in [2.45, 2.75) is 6.10 Å². The summed E-state index contributed by atoms with van der Waals surface area (Å²) in [6.07, 6.45) is 3.42. The Morgan fingerprint density at radius 3 is 3.00 bits per heavy atom. The van der Waals surface area contributed by atoms with E-state index in [0.717, 1.165) is 6.54 Å². The van der Waals surface area contributed by atoms with Gasteiger partial charge in [-0.25, -0.2) is 4.58 Å². The summed E-state index contributed by atoms with van der Waals surface area (Å²) in [4.78, 5) is 10.8. The monoisotopic (exact) mass is 169 g/mol. The molecule has 66 valence electrons. The summed E-state index contributed by atoms with van der Waals surface area (Å²) in [6, 6.07) is 0. The summed E-state index contributed by atoms with van der Waals surface area (Å²) < 4.78 is 6.98. The van der Waals surface area contributed by atoms with Crippen LogP contribution < -0.4 is 5.73 Å². The number of methoxy groups -OCH3 is 1. The maximum Gasteiger partial charge on any atom is 0.254 e. The maximum atomic E-state index is 10.8. The second-order valence-electron chi connectivity index (χ2n) is 2.83. The van der Waals surface area contributed by atoms with Gasteiger partial charge in [-0.3, -0.25) is 4.79 Å². The van der Waals surface area contributed by atoms with E-state index in [0.29, 0.717) is 5.57 Å². The van der Waals surface area contributed by atoms with E-state index in [9.17, 15) is 4.79 Å². The molecule has 0 bridgehead atoms. The van der Waals surface area contributed by atoms with Crippen LogP contribution in [0.2, 0.25) is 0 Å². The zero-order valence-electron chi connectivity index (χ0n) is 7.28. The highest BCUT2D eigenvalue weighted by Crippen LogP contribution is 2.03. The molecule has 1 amide bonds. The van der Waals surface area contributed by atoms with Crippen molar-refractivity contribution >= 4 is 12.1 Å². The average molecular weight is 169 g/mol. The summed E-state index contributed by atoms with van der Waals surface area (Å²) in [7, 11) is 3.49. The molecule has 0 saturated carbocycles. The van der Waals surface area contributed by atoms with Gasteiger partial charge in [0.05, 0.1) is 0 Å². The van der Waals surface area contributed by atoms with Crippen molar-refractivity contribution in [2.24, 2.45) is 5.73 Å². The SMILES string of the molecule is COC1C=C(C(N)=O)C=[N+](C)C1. The fourth-order valence-electron chi connectivity index (χ4n) is 1.16. The Balaban J connectivity index is 2.84. The molecule has 0 aromatic rings. The van der Waals surface area contributed by atoms with Crippen LogP contribution in [0.15, 0.2) is 11.6 Å². The number of hydrogen-bond acceptors (Lipinski definition) is 2. The van der Waals surface area contributed by atoms with E-state index in [1.54, 1.807) is 19.4 Å². The topological polar surface area (TPSA) is 55.3 Å². The lowest BCUT2D eigenvalue weighted by Crippen LogP contribution is -2.31. The molecule has 1 aliphatic heterocycles. The molecule has 1 unspecified atom stereocenters. The number of hydrogen-bond donors (Lipinski definition) is 1. The normalized spacial score (nSPS) is 23.0. The second kappa shape index (κ2) is 3.49. The molecule has 0 saturated heterocycles. The standard InChI is InChI=1S/C8H12N2O2/c1-10-4-6(8(9)11)3-7(5-10)12-2/h3-4,7H,5H2,1-2H3,(H-,9,11)/p+1. The van der Waals surface area contributed by atoms with E-state index in [1.807, 2.05) is 11.6 Å². The third-order valence-electron chi connectivity index (χ3n) is 1.78. The summed E-state index contributed by atoms with van der Waals surface area (Å²) in [5.74, 6) is -0.413. The van der Waals surface area contributed by atoms with Gasteiger partial charge in [-0.15, -0.1) is 0 Å². The van der Waals surface area contributed by atoms with Crippen LogP contribution >= 0.6 is 0 Å². The van der Waals surface area contributed by atoms with Crippen LogP contribution in [-0.2, 0) is 9.53 Å². The van der Waals surface area contributed by atoms with Gasteiger partial charge >= 0.3 is 0 Å². The van der Waals surface area contributed by atoms with E-state index in [4.69, 9.17) is 10.5 Å². The Labute approximate surface area is 71.3 Å². The molecule has 0 aromatic carbocycles.